The van der Waals surface area contributed by atoms with Crippen molar-refractivity contribution >= 4 is 23.2 Å². The van der Waals surface area contributed by atoms with Crippen LogP contribution in [0.1, 0.15) is 6.42 Å². The molecule has 2 aliphatic rings. The van der Waals surface area contributed by atoms with E-state index in [2.05, 4.69) is 0 Å². The predicted molar refractivity (Wildman–Crippen MR) is 93.2 cm³/mol. The molecule has 0 fully saturated rings. The first kappa shape index (κ1) is 15.5. The van der Waals surface area contributed by atoms with Crippen molar-refractivity contribution in [2.75, 3.05) is 36.1 Å². The topological polar surface area (TPSA) is 59.1 Å². The average Bonchev–Trinajstić information content (AvgIpc) is 2.80. The second kappa shape index (κ2) is 6.47. The van der Waals surface area contributed by atoms with Crippen LogP contribution in [0.25, 0.3) is 0 Å². The molecule has 0 spiro atoms. The fourth-order valence-corrected chi connectivity index (χ4v) is 3.14. The van der Waals surface area contributed by atoms with Crippen LogP contribution < -0.4 is 19.3 Å². The molecule has 0 saturated carbocycles. The Labute approximate surface area is 145 Å². The van der Waals surface area contributed by atoms with Gasteiger partial charge in [0.15, 0.2) is 0 Å². The summed E-state index contributed by atoms with van der Waals surface area (Å²) in [6, 6.07) is 14.7. The van der Waals surface area contributed by atoms with Gasteiger partial charge in [-0.3, -0.25) is 14.5 Å². The molecular formula is C19H18N2O4. The summed E-state index contributed by atoms with van der Waals surface area (Å²) in [5.41, 5.74) is 1.38. The van der Waals surface area contributed by atoms with E-state index in [4.69, 9.17) is 9.47 Å². The molecule has 0 N–H and O–H groups in total. The monoisotopic (exact) mass is 338 g/mol. The summed E-state index contributed by atoms with van der Waals surface area (Å²) in [5.74, 6) is 1.07. The van der Waals surface area contributed by atoms with Crippen LogP contribution in [0.5, 0.6) is 11.5 Å². The Morgan fingerprint density at radius 3 is 2.36 bits per heavy atom. The van der Waals surface area contributed by atoms with Crippen molar-refractivity contribution in [3.63, 3.8) is 0 Å². The zero-order chi connectivity index (χ0) is 17.2. The van der Waals surface area contributed by atoms with Gasteiger partial charge in [0.25, 0.3) is 0 Å². The molecule has 0 atom stereocenters. The standard InChI is InChI=1S/C19H18N2O4/c22-18-9-11-24-17-8-4-2-6-15(17)21(18)13-19(23)20-10-12-25-16-7-3-1-5-14(16)20/h1-8H,9-13H2. The van der Waals surface area contributed by atoms with Gasteiger partial charge in [-0.2, -0.15) is 0 Å². The Kier molecular flexibility index (Phi) is 4.01. The van der Waals surface area contributed by atoms with Crippen LogP contribution in [0.4, 0.5) is 11.4 Å². The Hall–Kier alpha value is -3.02. The number of ether oxygens (including phenoxy) is 2. The highest BCUT2D eigenvalue weighted by Gasteiger charge is 2.29. The first-order valence-electron chi connectivity index (χ1n) is 8.28. The predicted octanol–water partition coefficient (Wildman–Crippen LogP) is 2.23. The first-order chi connectivity index (χ1) is 12.2. The van der Waals surface area contributed by atoms with Crippen molar-refractivity contribution < 1.29 is 19.1 Å². The Balaban J connectivity index is 1.62. The molecule has 25 heavy (non-hydrogen) atoms. The largest absolute Gasteiger partial charge is 0.491 e. The fraction of sp³-hybridized carbons (Fsp3) is 0.263. The quantitative estimate of drug-likeness (QED) is 0.842. The minimum Gasteiger partial charge on any atom is -0.491 e. The summed E-state index contributed by atoms with van der Waals surface area (Å²) >= 11 is 0. The molecule has 6 heteroatoms. The van der Waals surface area contributed by atoms with Gasteiger partial charge in [-0.15, -0.1) is 0 Å². The van der Waals surface area contributed by atoms with Gasteiger partial charge < -0.3 is 14.4 Å². The fourth-order valence-electron chi connectivity index (χ4n) is 3.14. The second-order valence-electron chi connectivity index (χ2n) is 5.91. The number of hydrogen-bond acceptors (Lipinski definition) is 4. The lowest BCUT2D eigenvalue weighted by molar-refractivity contribution is -0.122. The van der Waals surface area contributed by atoms with E-state index in [1.807, 2.05) is 42.5 Å². The summed E-state index contributed by atoms with van der Waals surface area (Å²) < 4.78 is 11.2. The molecular weight excluding hydrogens is 320 g/mol. The van der Waals surface area contributed by atoms with E-state index in [-0.39, 0.29) is 24.8 Å². The van der Waals surface area contributed by atoms with Crippen molar-refractivity contribution in [3.8, 4) is 11.5 Å². The van der Waals surface area contributed by atoms with Crippen molar-refractivity contribution in [1.29, 1.82) is 0 Å². The van der Waals surface area contributed by atoms with E-state index >= 15 is 0 Å². The molecule has 128 valence electrons. The molecule has 0 aromatic heterocycles. The van der Waals surface area contributed by atoms with E-state index in [0.717, 1.165) is 5.69 Å². The average molecular weight is 338 g/mol. The molecule has 0 unspecified atom stereocenters. The van der Waals surface area contributed by atoms with Gasteiger partial charge in [0, 0.05) is 0 Å². The molecule has 6 nitrogen and oxygen atoms in total. The number of benzene rings is 2. The molecule has 4 rings (SSSR count). The highest BCUT2D eigenvalue weighted by molar-refractivity contribution is 6.05. The van der Waals surface area contributed by atoms with Crippen LogP contribution in [-0.4, -0.2) is 38.1 Å². The van der Waals surface area contributed by atoms with Crippen molar-refractivity contribution in [1.82, 2.24) is 0 Å². The molecule has 0 bridgehead atoms. The van der Waals surface area contributed by atoms with Crippen LogP contribution in [0.2, 0.25) is 0 Å². The van der Waals surface area contributed by atoms with Gasteiger partial charge in [-0.1, -0.05) is 24.3 Å². The number of carbonyl (C=O) groups excluding carboxylic acids is 2. The van der Waals surface area contributed by atoms with Gasteiger partial charge in [-0.05, 0) is 24.3 Å². The summed E-state index contributed by atoms with van der Waals surface area (Å²) in [6.07, 6.45) is 0.252. The van der Waals surface area contributed by atoms with Crippen LogP contribution in [0, 0.1) is 0 Å². The third-order valence-corrected chi connectivity index (χ3v) is 4.35. The molecule has 2 aromatic rings. The summed E-state index contributed by atoms with van der Waals surface area (Å²) in [4.78, 5) is 28.6. The summed E-state index contributed by atoms with van der Waals surface area (Å²) in [6.45, 7) is 1.21. The smallest absolute Gasteiger partial charge is 0.247 e. The van der Waals surface area contributed by atoms with Gasteiger partial charge in [0.1, 0.15) is 24.7 Å². The van der Waals surface area contributed by atoms with Gasteiger partial charge in [-0.25, -0.2) is 0 Å². The van der Waals surface area contributed by atoms with E-state index in [0.29, 0.717) is 36.9 Å². The Morgan fingerprint density at radius 1 is 0.920 bits per heavy atom. The van der Waals surface area contributed by atoms with E-state index in [9.17, 15) is 9.59 Å². The maximum absolute atomic E-state index is 12.9. The summed E-state index contributed by atoms with van der Waals surface area (Å²) in [7, 11) is 0. The molecule has 2 heterocycles. The van der Waals surface area contributed by atoms with Crippen LogP contribution in [0.15, 0.2) is 48.5 Å². The van der Waals surface area contributed by atoms with Crippen molar-refractivity contribution in [3.05, 3.63) is 48.5 Å². The second-order valence-corrected chi connectivity index (χ2v) is 5.91. The van der Waals surface area contributed by atoms with E-state index in [1.165, 1.54) is 4.90 Å². The Morgan fingerprint density at radius 2 is 1.56 bits per heavy atom. The van der Waals surface area contributed by atoms with E-state index in [1.54, 1.807) is 11.0 Å². The van der Waals surface area contributed by atoms with Gasteiger partial charge in [0.05, 0.1) is 30.9 Å². The van der Waals surface area contributed by atoms with Crippen LogP contribution >= 0.6 is 0 Å². The number of para-hydroxylation sites is 4. The zero-order valence-corrected chi connectivity index (χ0v) is 13.7. The Bertz CT molecular complexity index is 821. The number of anilines is 2. The highest BCUT2D eigenvalue weighted by Crippen LogP contribution is 2.33. The number of rotatable bonds is 2. The minimum absolute atomic E-state index is 0.0203. The molecule has 0 saturated heterocycles. The number of carbonyl (C=O) groups is 2. The SMILES string of the molecule is O=C(CN1C(=O)CCOc2ccccc21)N1CCOc2ccccc21. The normalized spacial score (nSPS) is 16.2. The molecule has 0 radical (unpaired) electrons. The van der Waals surface area contributed by atoms with Crippen molar-refractivity contribution in [2.24, 2.45) is 0 Å². The molecule has 2 aromatic carbocycles. The van der Waals surface area contributed by atoms with E-state index < -0.39 is 0 Å². The summed E-state index contributed by atoms with van der Waals surface area (Å²) in [5, 5.41) is 0. The number of hydrogen-bond donors (Lipinski definition) is 0. The van der Waals surface area contributed by atoms with Crippen LogP contribution in [-0.2, 0) is 9.59 Å². The number of amides is 2. The third-order valence-electron chi connectivity index (χ3n) is 4.35. The molecule has 2 amide bonds. The number of fused-ring (bicyclic) bond motifs is 2. The zero-order valence-electron chi connectivity index (χ0n) is 13.7. The lowest BCUT2D eigenvalue weighted by atomic mass is 10.2. The maximum atomic E-state index is 12.9. The molecule has 0 aliphatic carbocycles. The minimum atomic E-state index is -0.138. The van der Waals surface area contributed by atoms with Crippen LogP contribution in [0.3, 0.4) is 0 Å². The highest BCUT2D eigenvalue weighted by atomic mass is 16.5. The number of nitrogens with zero attached hydrogens (tertiary/aromatic N) is 2. The molecule has 2 aliphatic heterocycles. The lowest BCUT2D eigenvalue weighted by Gasteiger charge is -2.31. The van der Waals surface area contributed by atoms with Gasteiger partial charge >= 0.3 is 0 Å². The van der Waals surface area contributed by atoms with Crippen molar-refractivity contribution in [2.45, 2.75) is 6.42 Å². The first-order valence-corrected chi connectivity index (χ1v) is 8.28. The van der Waals surface area contributed by atoms with Gasteiger partial charge in [0.2, 0.25) is 11.8 Å². The lowest BCUT2D eigenvalue weighted by Crippen LogP contribution is -2.45. The maximum Gasteiger partial charge on any atom is 0.247 e. The third kappa shape index (κ3) is 2.91.